The molecule has 1 rings (SSSR count). The van der Waals surface area contributed by atoms with E-state index >= 15 is 0 Å². The highest BCUT2D eigenvalue weighted by molar-refractivity contribution is 5.09. The van der Waals surface area contributed by atoms with E-state index in [1.807, 2.05) is 14.1 Å². The van der Waals surface area contributed by atoms with Crippen molar-refractivity contribution in [3.63, 3.8) is 0 Å². The number of anilines is 1. The molecule has 0 aliphatic rings. The summed E-state index contributed by atoms with van der Waals surface area (Å²) < 4.78 is 1.77. The van der Waals surface area contributed by atoms with Crippen LogP contribution in [-0.4, -0.2) is 40.3 Å². The van der Waals surface area contributed by atoms with Crippen LogP contribution in [0, 0.1) is 0 Å². The lowest BCUT2D eigenvalue weighted by Gasteiger charge is -2.16. The fourth-order valence-corrected chi connectivity index (χ4v) is 1.11. The van der Waals surface area contributed by atoms with Crippen molar-refractivity contribution in [2.75, 3.05) is 26.4 Å². The largest absolute Gasteiger partial charge is 0.367 e. The molecule has 2 N–H and O–H groups in total. The number of nitrogens with two attached hydrogens (primary N) is 1. The van der Waals surface area contributed by atoms with Crippen molar-refractivity contribution >= 4 is 5.95 Å². The van der Waals surface area contributed by atoms with Crippen LogP contribution in [0.5, 0.6) is 0 Å². The van der Waals surface area contributed by atoms with Gasteiger partial charge in [0.1, 0.15) is 6.33 Å². The van der Waals surface area contributed by atoms with Gasteiger partial charge in [-0.3, -0.25) is 0 Å². The maximum Gasteiger partial charge on any atom is 0.239 e. The first-order valence-corrected chi connectivity index (χ1v) is 3.91. The summed E-state index contributed by atoms with van der Waals surface area (Å²) in [4.78, 5) is 5.96. The van der Waals surface area contributed by atoms with E-state index in [9.17, 15) is 0 Å². The Balaban J connectivity index is 2.58. The third-order valence-electron chi connectivity index (χ3n) is 1.61. The molecule has 1 aromatic heterocycles. The molecule has 0 radical (unpaired) electrons. The van der Waals surface area contributed by atoms with Crippen molar-refractivity contribution < 1.29 is 0 Å². The van der Waals surface area contributed by atoms with Gasteiger partial charge in [0.15, 0.2) is 0 Å². The number of aromatic nitrogens is 3. The van der Waals surface area contributed by atoms with Crippen LogP contribution in [0.25, 0.3) is 0 Å². The number of rotatable bonds is 3. The monoisotopic (exact) mass is 169 g/mol. The van der Waals surface area contributed by atoms with Gasteiger partial charge in [0.2, 0.25) is 5.95 Å². The third kappa shape index (κ3) is 2.20. The molecule has 0 saturated heterocycles. The second kappa shape index (κ2) is 3.53. The van der Waals surface area contributed by atoms with Crippen LogP contribution >= 0.6 is 0 Å². The minimum Gasteiger partial charge on any atom is -0.367 e. The average molecular weight is 169 g/mol. The fraction of sp³-hybridized carbons (Fsp3) is 0.714. The first-order valence-electron chi connectivity index (χ1n) is 3.91. The summed E-state index contributed by atoms with van der Waals surface area (Å²) in [6, 6.07) is 0.310. The van der Waals surface area contributed by atoms with E-state index in [1.165, 1.54) is 0 Å². The summed E-state index contributed by atoms with van der Waals surface area (Å²) in [6.45, 7) is 3.01. The molecule has 0 fully saturated rings. The molecule has 0 bridgehead atoms. The minimum atomic E-state index is 0.310. The normalized spacial score (nSPS) is 13.7. The van der Waals surface area contributed by atoms with Crippen LogP contribution in [0.3, 0.4) is 0 Å². The molecule has 12 heavy (non-hydrogen) atoms. The van der Waals surface area contributed by atoms with Crippen molar-refractivity contribution in [2.24, 2.45) is 0 Å². The molecule has 0 aromatic carbocycles. The Labute approximate surface area is 72.2 Å². The van der Waals surface area contributed by atoms with Gasteiger partial charge in [0, 0.05) is 6.54 Å². The Hall–Kier alpha value is -1.10. The summed E-state index contributed by atoms with van der Waals surface area (Å²) >= 11 is 0. The van der Waals surface area contributed by atoms with E-state index in [2.05, 4.69) is 21.9 Å². The molecule has 0 saturated carbocycles. The van der Waals surface area contributed by atoms with E-state index in [4.69, 9.17) is 5.73 Å². The van der Waals surface area contributed by atoms with Crippen LogP contribution in [-0.2, 0) is 0 Å². The van der Waals surface area contributed by atoms with Crippen molar-refractivity contribution in [3.05, 3.63) is 6.33 Å². The van der Waals surface area contributed by atoms with Crippen LogP contribution in [0.15, 0.2) is 6.33 Å². The number of likely N-dealkylation sites (N-methyl/N-ethyl adjacent to an activating group) is 1. The first-order chi connectivity index (χ1) is 5.59. The molecular weight excluding hydrogens is 154 g/mol. The average Bonchev–Trinajstić information content (AvgIpc) is 2.34. The van der Waals surface area contributed by atoms with E-state index < -0.39 is 0 Å². The lowest BCUT2D eigenvalue weighted by atomic mass is 10.3. The second-order valence-corrected chi connectivity index (χ2v) is 3.19. The molecule has 5 heteroatoms. The van der Waals surface area contributed by atoms with Gasteiger partial charge in [-0.1, -0.05) is 0 Å². The van der Waals surface area contributed by atoms with E-state index in [0.29, 0.717) is 12.0 Å². The van der Waals surface area contributed by atoms with E-state index in [0.717, 1.165) is 6.54 Å². The predicted molar refractivity (Wildman–Crippen MR) is 47.7 cm³/mol. The van der Waals surface area contributed by atoms with E-state index in [-0.39, 0.29) is 0 Å². The summed E-state index contributed by atoms with van der Waals surface area (Å²) in [7, 11) is 4.05. The molecule has 0 aliphatic carbocycles. The second-order valence-electron chi connectivity index (χ2n) is 3.19. The molecular formula is C7H15N5. The van der Waals surface area contributed by atoms with Crippen molar-refractivity contribution in [3.8, 4) is 0 Å². The van der Waals surface area contributed by atoms with Gasteiger partial charge in [0.05, 0.1) is 6.04 Å². The highest BCUT2D eigenvalue weighted by atomic mass is 15.4. The molecule has 1 atom stereocenters. The van der Waals surface area contributed by atoms with Gasteiger partial charge in [-0.15, -0.1) is 5.10 Å². The smallest absolute Gasteiger partial charge is 0.239 e. The number of hydrogen-bond donors (Lipinski definition) is 1. The lowest BCUT2D eigenvalue weighted by molar-refractivity contribution is 0.322. The lowest BCUT2D eigenvalue weighted by Crippen LogP contribution is -2.22. The van der Waals surface area contributed by atoms with Crippen LogP contribution in [0.1, 0.15) is 13.0 Å². The minimum absolute atomic E-state index is 0.310. The van der Waals surface area contributed by atoms with Gasteiger partial charge in [0.25, 0.3) is 0 Å². The molecule has 0 aliphatic heterocycles. The van der Waals surface area contributed by atoms with Gasteiger partial charge in [-0.25, -0.2) is 9.67 Å². The summed E-state index contributed by atoms with van der Waals surface area (Å²) in [6.07, 6.45) is 1.66. The van der Waals surface area contributed by atoms with E-state index in [1.54, 1.807) is 11.0 Å². The standard InChI is InChI=1S/C7H15N5/c1-6(4-11(2)3)12-5-9-7(8)10-12/h5-6H,4H2,1-3H3,(H2,8,10). The van der Waals surface area contributed by atoms with Crippen LogP contribution in [0.4, 0.5) is 5.95 Å². The van der Waals surface area contributed by atoms with Crippen molar-refractivity contribution in [1.82, 2.24) is 19.7 Å². The maximum absolute atomic E-state index is 5.39. The van der Waals surface area contributed by atoms with Crippen LogP contribution in [0.2, 0.25) is 0 Å². The Morgan fingerprint density at radius 3 is 2.75 bits per heavy atom. The third-order valence-corrected chi connectivity index (χ3v) is 1.61. The molecule has 68 valence electrons. The summed E-state index contributed by atoms with van der Waals surface area (Å²) in [5.41, 5.74) is 5.39. The van der Waals surface area contributed by atoms with Gasteiger partial charge in [-0.05, 0) is 21.0 Å². The number of nitrogen functional groups attached to an aromatic ring is 1. The Morgan fingerprint density at radius 1 is 1.67 bits per heavy atom. The van der Waals surface area contributed by atoms with Gasteiger partial charge in [-0.2, -0.15) is 0 Å². The summed E-state index contributed by atoms with van der Waals surface area (Å²) in [5, 5.41) is 4.02. The molecule has 0 spiro atoms. The SMILES string of the molecule is CC(CN(C)C)n1cnc(N)n1. The zero-order valence-electron chi connectivity index (χ0n) is 7.73. The predicted octanol–water partition coefficient (Wildman–Crippen LogP) is -0.0171. The fourth-order valence-electron chi connectivity index (χ4n) is 1.11. The summed E-state index contributed by atoms with van der Waals surface area (Å²) in [5.74, 6) is 0.334. The first kappa shape index (κ1) is 8.99. The zero-order valence-corrected chi connectivity index (χ0v) is 7.73. The highest BCUT2D eigenvalue weighted by Gasteiger charge is 2.06. The molecule has 1 aromatic rings. The quantitative estimate of drug-likeness (QED) is 0.691. The Kier molecular flexibility index (Phi) is 2.65. The zero-order chi connectivity index (χ0) is 9.14. The Bertz CT molecular complexity index is 242. The highest BCUT2D eigenvalue weighted by Crippen LogP contribution is 2.04. The van der Waals surface area contributed by atoms with Gasteiger partial charge >= 0.3 is 0 Å². The van der Waals surface area contributed by atoms with Crippen molar-refractivity contribution in [1.29, 1.82) is 0 Å². The number of hydrogen-bond acceptors (Lipinski definition) is 4. The van der Waals surface area contributed by atoms with Crippen LogP contribution < -0.4 is 5.73 Å². The molecule has 5 nitrogen and oxygen atoms in total. The maximum atomic E-state index is 5.39. The molecule has 0 amide bonds. The molecule has 1 unspecified atom stereocenters. The molecule has 1 heterocycles. The Morgan fingerprint density at radius 2 is 2.33 bits per heavy atom. The number of nitrogens with zero attached hydrogens (tertiary/aromatic N) is 4. The van der Waals surface area contributed by atoms with Crippen molar-refractivity contribution in [2.45, 2.75) is 13.0 Å². The van der Waals surface area contributed by atoms with Gasteiger partial charge < -0.3 is 10.6 Å². The topological polar surface area (TPSA) is 60.0 Å².